The van der Waals surface area contributed by atoms with Crippen LogP contribution in [-0.4, -0.2) is 97.4 Å². The van der Waals surface area contributed by atoms with E-state index in [2.05, 4.69) is 23.8 Å². The number of carbonyl (C=O) groups is 2. The van der Waals surface area contributed by atoms with Crippen molar-refractivity contribution >= 4 is 11.8 Å². The lowest BCUT2D eigenvalue weighted by Crippen LogP contribution is -2.55. The Kier molecular flexibility index (Phi) is 4.41. The Morgan fingerprint density at radius 1 is 0.818 bits per heavy atom. The van der Waals surface area contributed by atoms with Crippen molar-refractivity contribution in [3.63, 3.8) is 0 Å². The topological polar surface area (TPSA) is 47.1 Å². The summed E-state index contributed by atoms with van der Waals surface area (Å²) in [7, 11) is 2.08. The third kappa shape index (κ3) is 2.86. The van der Waals surface area contributed by atoms with Crippen LogP contribution in [0.3, 0.4) is 0 Å². The zero-order chi connectivity index (χ0) is 15.7. The maximum Gasteiger partial charge on any atom is 0.238 e. The first-order valence-electron chi connectivity index (χ1n) is 8.56. The lowest BCUT2D eigenvalue weighted by Gasteiger charge is -2.38. The highest BCUT2D eigenvalue weighted by molar-refractivity contribution is 6.07. The molecule has 0 bridgehead atoms. The van der Waals surface area contributed by atoms with Crippen LogP contribution in [-0.2, 0) is 9.59 Å². The molecule has 2 amide bonds. The molecule has 0 aromatic carbocycles. The Balaban J connectivity index is 1.61. The van der Waals surface area contributed by atoms with E-state index in [0.717, 1.165) is 71.7 Å². The van der Waals surface area contributed by atoms with Gasteiger partial charge in [0.15, 0.2) is 0 Å². The van der Waals surface area contributed by atoms with Gasteiger partial charge in [-0.15, -0.1) is 0 Å². The zero-order valence-electron chi connectivity index (χ0n) is 13.9. The second-order valence-corrected chi connectivity index (χ2v) is 6.90. The number of hydrogen-bond donors (Lipinski definition) is 0. The van der Waals surface area contributed by atoms with Crippen molar-refractivity contribution in [1.82, 2.24) is 19.6 Å². The van der Waals surface area contributed by atoms with Gasteiger partial charge < -0.3 is 19.6 Å². The smallest absolute Gasteiger partial charge is 0.238 e. The SMILES string of the molecule is CCN1CCN(C(=O)C2(C(=O)N3CCN(C)CC3)CC2)CC1. The standard InChI is InChI=1S/C16H28N4O2/c1-3-18-8-12-20(13-9-18)15(22)16(4-5-16)14(21)19-10-6-17(2)7-11-19/h3-13H2,1-2H3. The zero-order valence-corrected chi connectivity index (χ0v) is 13.9. The predicted molar refractivity (Wildman–Crippen MR) is 84.4 cm³/mol. The largest absolute Gasteiger partial charge is 0.339 e. The minimum Gasteiger partial charge on any atom is -0.339 e. The van der Waals surface area contributed by atoms with Crippen LogP contribution < -0.4 is 0 Å². The van der Waals surface area contributed by atoms with Crippen molar-refractivity contribution in [1.29, 1.82) is 0 Å². The van der Waals surface area contributed by atoms with E-state index in [1.807, 2.05) is 9.80 Å². The van der Waals surface area contributed by atoms with Gasteiger partial charge >= 0.3 is 0 Å². The second-order valence-electron chi connectivity index (χ2n) is 6.90. The molecule has 0 spiro atoms. The van der Waals surface area contributed by atoms with E-state index in [1.54, 1.807) is 0 Å². The summed E-state index contributed by atoms with van der Waals surface area (Å²) in [6, 6.07) is 0. The number of hydrogen-bond acceptors (Lipinski definition) is 4. The molecular formula is C16H28N4O2. The molecule has 3 rings (SSSR count). The highest BCUT2D eigenvalue weighted by atomic mass is 16.2. The van der Waals surface area contributed by atoms with Gasteiger partial charge in [0.1, 0.15) is 5.41 Å². The fourth-order valence-corrected chi connectivity index (χ4v) is 3.53. The summed E-state index contributed by atoms with van der Waals surface area (Å²) >= 11 is 0. The highest BCUT2D eigenvalue weighted by Crippen LogP contribution is 2.49. The minimum atomic E-state index is -0.704. The first kappa shape index (κ1) is 15.7. The molecule has 2 heterocycles. The summed E-state index contributed by atoms with van der Waals surface area (Å²) < 4.78 is 0. The Hall–Kier alpha value is -1.14. The molecule has 6 nitrogen and oxygen atoms in total. The van der Waals surface area contributed by atoms with E-state index < -0.39 is 5.41 Å². The molecule has 0 atom stereocenters. The third-order valence-electron chi connectivity index (χ3n) is 5.47. The monoisotopic (exact) mass is 308 g/mol. The Bertz CT molecular complexity index is 433. The fourth-order valence-electron chi connectivity index (χ4n) is 3.53. The maximum absolute atomic E-state index is 12.9. The molecule has 2 aliphatic heterocycles. The molecule has 0 unspecified atom stereocenters. The number of nitrogens with zero attached hydrogens (tertiary/aromatic N) is 4. The summed E-state index contributed by atoms with van der Waals surface area (Å²) in [5.74, 6) is 0.177. The van der Waals surface area contributed by atoms with Crippen LogP contribution in [0, 0.1) is 5.41 Å². The van der Waals surface area contributed by atoms with Crippen LogP contribution in [0.1, 0.15) is 19.8 Å². The molecule has 1 aliphatic carbocycles. The normalized spacial score (nSPS) is 26.1. The van der Waals surface area contributed by atoms with Gasteiger partial charge in [-0.1, -0.05) is 6.92 Å². The molecule has 0 aromatic heterocycles. The summed E-state index contributed by atoms with van der Waals surface area (Å²) in [4.78, 5) is 34.1. The van der Waals surface area contributed by atoms with Crippen molar-refractivity contribution in [2.45, 2.75) is 19.8 Å². The lowest BCUT2D eigenvalue weighted by molar-refractivity contribution is -0.151. The van der Waals surface area contributed by atoms with Crippen LogP contribution in [0.4, 0.5) is 0 Å². The van der Waals surface area contributed by atoms with Crippen molar-refractivity contribution < 1.29 is 9.59 Å². The Labute approximate surface area is 133 Å². The Morgan fingerprint density at radius 2 is 1.27 bits per heavy atom. The van der Waals surface area contributed by atoms with E-state index in [4.69, 9.17) is 0 Å². The van der Waals surface area contributed by atoms with E-state index in [-0.39, 0.29) is 11.8 Å². The quantitative estimate of drug-likeness (QED) is 0.672. The number of rotatable bonds is 3. The molecule has 1 saturated carbocycles. The average Bonchev–Trinajstić information content (AvgIpc) is 3.36. The molecule has 3 fully saturated rings. The first-order chi connectivity index (χ1) is 10.6. The summed E-state index contributed by atoms with van der Waals surface area (Å²) in [6.45, 7) is 9.92. The third-order valence-corrected chi connectivity index (χ3v) is 5.47. The van der Waals surface area contributed by atoms with E-state index in [0.29, 0.717) is 0 Å². The number of amides is 2. The lowest BCUT2D eigenvalue weighted by atomic mass is 10.0. The van der Waals surface area contributed by atoms with Crippen LogP contribution in [0.15, 0.2) is 0 Å². The molecule has 3 aliphatic rings. The van der Waals surface area contributed by atoms with Gasteiger partial charge in [-0.2, -0.15) is 0 Å². The highest BCUT2D eigenvalue weighted by Gasteiger charge is 2.59. The molecule has 0 aromatic rings. The van der Waals surface area contributed by atoms with Gasteiger partial charge in [0.25, 0.3) is 0 Å². The van der Waals surface area contributed by atoms with Gasteiger partial charge in [-0.25, -0.2) is 0 Å². The average molecular weight is 308 g/mol. The number of piperazine rings is 2. The van der Waals surface area contributed by atoms with Crippen LogP contribution in [0.2, 0.25) is 0 Å². The molecular weight excluding hydrogens is 280 g/mol. The molecule has 2 saturated heterocycles. The van der Waals surface area contributed by atoms with Gasteiger partial charge in [0.2, 0.25) is 11.8 Å². The molecule has 124 valence electrons. The number of likely N-dealkylation sites (N-methyl/N-ethyl adjacent to an activating group) is 2. The van der Waals surface area contributed by atoms with Crippen LogP contribution >= 0.6 is 0 Å². The van der Waals surface area contributed by atoms with Gasteiger partial charge in [0, 0.05) is 52.4 Å². The van der Waals surface area contributed by atoms with Gasteiger partial charge in [-0.05, 0) is 26.4 Å². The predicted octanol–water partition coefficient (Wildman–Crippen LogP) is -0.295. The number of carbonyl (C=O) groups excluding carboxylic acids is 2. The van der Waals surface area contributed by atoms with E-state index in [9.17, 15) is 9.59 Å². The molecule has 0 radical (unpaired) electrons. The maximum atomic E-state index is 12.9. The van der Waals surface area contributed by atoms with Crippen molar-refractivity contribution in [2.75, 3.05) is 66.0 Å². The van der Waals surface area contributed by atoms with Crippen molar-refractivity contribution in [2.24, 2.45) is 5.41 Å². The summed E-state index contributed by atoms with van der Waals surface area (Å²) in [6.07, 6.45) is 1.48. The Morgan fingerprint density at radius 3 is 1.68 bits per heavy atom. The first-order valence-corrected chi connectivity index (χ1v) is 8.56. The van der Waals surface area contributed by atoms with Crippen molar-refractivity contribution in [3.05, 3.63) is 0 Å². The summed E-state index contributed by atoms with van der Waals surface area (Å²) in [5.41, 5.74) is -0.704. The fraction of sp³-hybridized carbons (Fsp3) is 0.875. The van der Waals surface area contributed by atoms with Crippen LogP contribution in [0.25, 0.3) is 0 Å². The van der Waals surface area contributed by atoms with E-state index in [1.165, 1.54) is 0 Å². The summed E-state index contributed by atoms with van der Waals surface area (Å²) in [5, 5.41) is 0. The van der Waals surface area contributed by atoms with Gasteiger partial charge in [-0.3, -0.25) is 9.59 Å². The van der Waals surface area contributed by atoms with Gasteiger partial charge in [0.05, 0.1) is 0 Å². The molecule has 0 N–H and O–H groups in total. The van der Waals surface area contributed by atoms with E-state index >= 15 is 0 Å². The van der Waals surface area contributed by atoms with Crippen LogP contribution in [0.5, 0.6) is 0 Å². The van der Waals surface area contributed by atoms with Crippen molar-refractivity contribution in [3.8, 4) is 0 Å². The molecule has 22 heavy (non-hydrogen) atoms. The second kappa shape index (κ2) is 6.16. The minimum absolute atomic E-state index is 0.0866. The molecule has 6 heteroatoms.